The Morgan fingerprint density at radius 3 is 2.75 bits per heavy atom. The zero-order chi connectivity index (χ0) is 17.7. The highest BCUT2D eigenvalue weighted by Crippen LogP contribution is 2.25. The lowest BCUT2D eigenvalue weighted by Gasteiger charge is -2.17. The molecule has 1 saturated heterocycles. The molecule has 2 atom stereocenters. The molecular weight excluding hydrogens is 318 g/mol. The second kappa shape index (κ2) is 8.08. The number of ether oxygens (including phenoxy) is 1. The summed E-state index contributed by atoms with van der Waals surface area (Å²) in [5.41, 5.74) is 0.298. The van der Waals surface area contributed by atoms with Crippen molar-refractivity contribution >= 4 is 11.8 Å². The Morgan fingerprint density at radius 1 is 1.38 bits per heavy atom. The van der Waals surface area contributed by atoms with E-state index in [1.165, 1.54) is 25.1 Å². The summed E-state index contributed by atoms with van der Waals surface area (Å²) < 4.78 is 29.0. The summed E-state index contributed by atoms with van der Waals surface area (Å²) in [5, 5.41) is 2.89. The maximum atomic E-state index is 12.6. The predicted molar refractivity (Wildman–Crippen MR) is 85.0 cm³/mol. The summed E-state index contributed by atoms with van der Waals surface area (Å²) in [7, 11) is 0. The Labute approximate surface area is 140 Å². The Hall–Kier alpha value is -2.18. The second-order valence-corrected chi connectivity index (χ2v) is 5.97. The van der Waals surface area contributed by atoms with Crippen LogP contribution in [0.2, 0.25) is 0 Å². The van der Waals surface area contributed by atoms with Crippen molar-refractivity contribution in [2.75, 3.05) is 13.1 Å². The van der Waals surface area contributed by atoms with Gasteiger partial charge in [0.25, 0.3) is 5.91 Å². The third-order valence-corrected chi connectivity index (χ3v) is 4.08. The summed E-state index contributed by atoms with van der Waals surface area (Å²) in [6.07, 6.45) is 1.86. The highest BCUT2D eigenvalue weighted by atomic mass is 19.3. The molecule has 5 nitrogen and oxygen atoms in total. The fraction of sp³-hybridized carbons (Fsp3) is 0.529. The molecule has 132 valence electrons. The molecule has 0 aromatic heterocycles. The van der Waals surface area contributed by atoms with Gasteiger partial charge in [0, 0.05) is 25.6 Å². The van der Waals surface area contributed by atoms with Gasteiger partial charge in [-0.1, -0.05) is 19.4 Å². The molecule has 1 fully saturated rings. The van der Waals surface area contributed by atoms with Gasteiger partial charge in [0.1, 0.15) is 5.75 Å². The van der Waals surface area contributed by atoms with Crippen LogP contribution in [0.3, 0.4) is 0 Å². The predicted octanol–water partition coefficient (Wildman–Crippen LogP) is 2.66. The zero-order valence-corrected chi connectivity index (χ0v) is 13.8. The van der Waals surface area contributed by atoms with E-state index < -0.39 is 6.61 Å². The van der Waals surface area contributed by atoms with Gasteiger partial charge in [0.2, 0.25) is 5.91 Å². The van der Waals surface area contributed by atoms with E-state index in [2.05, 4.69) is 17.0 Å². The van der Waals surface area contributed by atoms with E-state index in [0.29, 0.717) is 18.7 Å². The number of likely N-dealkylation sites (tertiary alicyclic amines) is 1. The first-order valence-corrected chi connectivity index (χ1v) is 8.02. The molecule has 0 spiro atoms. The third kappa shape index (κ3) is 4.66. The molecule has 2 amide bonds. The van der Waals surface area contributed by atoms with Gasteiger partial charge in [-0.15, -0.1) is 0 Å². The van der Waals surface area contributed by atoms with Crippen molar-refractivity contribution in [3.8, 4) is 5.75 Å². The number of alkyl halides is 2. The number of carbonyl (C=O) groups is 2. The van der Waals surface area contributed by atoms with Crippen LogP contribution in [-0.2, 0) is 4.79 Å². The zero-order valence-electron chi connectivity index (χ0n) is 13.8. The SMILES string of the molecule is CCCC1CN(C(=O)c2cccc(OC(F)F)c2)CC1NC(C)=O. The van der Waals surface area contributed by atoms with E-state index in [-0.39, 0.29) is 29.5 Å². The van der Waals surface area contributed by atoms with Crippen LogP contribution < -0.4 is 10.1 Å². The number of hydrogen-bond acceptors (Lipinski definition) is 3. The third-order valence-electron chi connectivity index (χ3n) is 4.08. The highest BCUT2D eigenvalue weighted by molar-refractivity contribution is 5.95. The molecular formula is C17H22F2N2O3. The second-order valence-electron chi connectivity index (χ2n) is 5.97. The number of hydrogen-bond donors (Lipinski definition) is 1. The van der Waals surface area contributed by atoms with Crippen LogP contribution in [0.5, 0.6) is 5.75 Å². The lowest BCUT2D eigenvalue weighted by molar-refractivity contribution is -0.119. The van der Waals surface area contributed by atoms with Crippen LogP contribution in [-0.4, -0.2) is 42.5 Å². The van der Waals surface area contributed by atoms with Gasteiger partial charge in [-0.25, -0.2) is 0 Å². The maximum Gasteiger partial charge on any atom is 0.387 e. The van der Waals surface area contributed by atoms with E-state index >= 15 is 0 Å². The molecule has 0 aliphatic carbocycles. The molecule has 1 aromatic carbocycles. The normalized spacial score (nSPS) is 20.3. The van der Waals surface area contributed by atoms with Gasteiger partial charge in [-0.05, 0) is 30.5 Å². The fourth-order valence-electron chi connectivity index (χ4n) is 3.11. The van der Waals surface area contributed by atoms with Crippen molar-refractivity contribution in [1.82, 2.24) is 10.2 Å². The molecule has 2 rings (SSSR count). The minimum Gasteiger partial charge on any atom is -0.435 e. The van der Waals surface area contributed by atoms with Crippen molar-refractivity contribution in [2.45, 2.75) is 39.3 Å². The standard InChI is InChI=1S/C17H22F2N2O3/c1-3-5-13-9-21(10-15(13)20-11(2)22)16(23)12-6-4-7-14(8-12)24-17(18)19/h4,6-8,13,15,17H,3,5,9-10H2,1-2H3,(H,20,22). The van der Waals surface area contributed by atoms with E-state index in [9.17, 15) is 18.4 Å². The van der Waals surface area contributed by atoms with Gasteiger partial charge in [-0.3, -0.25) is 9.59 Å². The highest BCUT2D eigenvalue weighted by Gasteiger charge is 2.35. The summed E-state index contributed by atoms with van der Waals surface area (Å²) >= 11 is 0. The molecule has 1 aliphatic heterocycles. The number of nitrogens with one attached hydrogen (secondary N) is 1. The minimum atomic E-state index is -2.93. The first kappa shape index (κ1) is 18.2. The first-order valence-electron chi connectivity index (χ1n) is 8.02. The van der Waals surface area contributed by atoms with Gasteiger partial charge >= 0.3 is 6.61 Å². The summed E-state index contributed by atoms with van der Waals surface area (Å²) in [5.74, 6) is -0.215. The fourth-order valence-corrected chi connectivity index (χ4v) is 3.11. The Kier molecular flexibility index (Phi) is 6.11. The number of rotatable bonds is 6. The lowest BCUT2D eigenvalue weighted by Crippen LogP contribution is -2.39. The molecule has 1 aromatic rings. The topological polar surface area (TPSA) is 58.6 Å². The van der Waals surface area contributed by atoms with Crippen LogP contribution in [0.25, 0.3) is 0 Å². The van der Waals surface area contributed by atoms with Gasteiger partial charge in [0.15, 0.2) is 0 Å². The number of amides is 2. The summed E-state index contributed by atoms with van der Waals surface area (Å²) in [6.45, 7) is 1.54. The van der Waals surface area contributed by atoms with Crippen molar-refractivity contribution in [1.29, 1.82) is 0 Å². The van der Waals surface area contributed by atoms with Crippen LogP contribution in [0.1, 0.15) is 37.0 Å². The lowest BCUT2D eigenvalue weighted by atomic mass is 9.98. The largest absolute Gasteiger partial charge is 0.435 e. The van der Waals surface area contributed by atoms with E-state index in [0.717, 1.165) is 12.8 Å². The Morgan fingerprint density at radius 2 is 2.12 bits per heavy atom. The molecule has 0 saturated carbocycles. The molecule has 7 heteroatoms. The smallest absolute Gasteiger partial charge is 0.387 e. The van der Waals surface area contributed by atoms with E-state index in [1.54, 1.807) is 11.0 Å². The molecule has 24 heavy (non-hydrogen) atoms. The monoisotopic (exact) mass is 340 g/mol. The number of nitrogens with zero attached hydrogens (tertiary/aromatic N) is 1. The Balaban J connectivity index is 2.10. The quantitative estimate of drug-likeness (QED) is 0.866. The van der Waals surface area contributed by atoms with Crippen LogP contribution in [0, 0.1) is 5.92 Å². The molecule has 0 radical (unpaired) electrons. The van der Waals surface area contributed by atoms with Crippen LogP contribution in [0.4, 0.5) is 8.78 Å². The summed E-state index contributed by atoms with van der Waals surface area (Å²) in [4.78, 5) is 25.6. The molecule has 1 aliphatic rings. The molecule has 2 unspecified atom stereocenters. The van der Waals surface area contributed by atoms with Gasteiger partial charge in [-0.2, -0.15) is 8.78 Å². The van der Waals surface area contributed by atoms with E-state index in [4.69, 9.17) is 0 Å². The molecule has 1 heterocycles. The number of halogens is 2. The summed E-state index contributed by atoms with van der Waals surface area (Å²) in [6, 6.07) is 5.70. The van der Waals surface area contributed by atoms with Crippen molar-refractivity contribution < 1.29 is 23.1 Å². The first-order chi connectivity index (χ1) is 11.4. The Bertz CT molecular complexity index is 595. The minimum absolute atomic E-state index is 0.0430. The van der Waals surface area contributed by atoms with Crippen molar-refractivity contribution in [3.63, 3.8) is 0 Å². The van der Waals surface area contributed by atoms with Crippen LogP contribution in [0.15, 0.2) is 24.3 Å². The van der Waals surface area contributed by atoms with Crippen LogP contribution >= 0.6 is 0 Å². The van der Waals surface area contributed by atoms with Gasteiger partial charge < -0.3 is 15.0 Å². The van der Waals surface area contributed by atoms with Crippen molar-refractivity contribution in [3.05, 3.63) is 29.8 Å². The average molecular weight is 340 g/mol. The number of benzene rings is 1. The average Bonchev–Trinajstić information content (AvgIpc) is 2.88. The molecule has 0 bridgehead atoms. The van der Waals surface area contributed by atoms with E-state index in [1.807, 2.05) is 0 Å². The van der Waals surface area contributed by atoms with Gasteiger partial charge in [0.05, 0.1) is 6.04 Å². The maximum absolute atomic E-state index is 12.6. The number of carbonyl (C=O) groups excluding carboxylic acids is 2. The molecule has 1 N–H and O–H groups in total. The van der Waals surface area contributed by atoms with Crippen molar-refractivity contribution in [2.24, 2.45) is 5.92 Å².